The summed E-state index contributed by atoms with van der Waals surface area (Å²) >= 11 is 0. The molecule has 0 N–H and O–H groups in total. The monoisotopic (exact) mass is 509 g/mol. The van der Waals surface area contributed by atoms with Crippen LogP contribution in [0.5, 0.6) is 5.88 Å². The van der Waals surface area contributed by atoms with E-state index in [0.29, 0.717) is 17.9 Å². The zero-order valence-corrected chi connectivity index (χ0v) is 23.1. The van der Waals surface area contributed by atoms with E-state index in [1.807, 2.05) is 28.0 Å². The fourth-order valence-corrected chi connectivity index (χ4v) is 6.09. The normalized spacial score (nSPS) is 18.8. The van der Waals surface area contributed by atoms with Crippen molar-refractivity contribution in [1.82, 2.24) is 33.6 Å². The van der Waals surface area contributed by atoms with E-state index in [9.17, 15) is 4.79 Å². The first-order valence-electron chi connectivity index (χ1n) is 14.1. The summed E-state index contributed by atoms with van der Waals surface area (Å²) in [6, 6.07) is 3.81. The van der Waals surface area contributed by atoms with Crippen LogP contribution < -0.4 is 10.3 Å². The molecule has 0 atom stereocenters. The van der Waals surface area contributed by atoms with E-state index in [-0.39, 0.29) is 5.56 Å². The standard InChI is InChI=1S/C28H43N7O2/c1-5-7-24-29-21(2)26-28(36)34(23-8-9-25(37-4)30-27(23)35(24)26)13-6-12-32-16-18-33(19-17-32)20-22-10-14-31(3)15-11-22/h8-9,22H,5-7,10-20H2,1-4H3. The Kier molecular flexibility index (Phi) is 8.12. The average Bonchev–Trinajstić information content (AvgIpc) is 3.24. The van der Waals surface area contributed by atoms with E-state index in [1.54, 1.807) is 7.11 Å². The molecule has 9 nitrogen and oxygen atoms in total. The van der Waals surface area contributed by atoms with Gasteiger partial charge in [-0.05, 0) is 71.3 Å². The number of aromatic nitrogens is 4. The number of rotatable bonds is 9. The van der Waals surface area contributed by atoms with Crippen LogP contribution in [0.2, 0.25) is 0 Å². The Bertz CT molecular complexity index is 1270. The molecule has 5 heterocycles. The summed E-state index contributed by atoms with van der Waals surface area (Å²) < 4.78 is 9.28. The van der Waals surface area contributed by atoms with Gasteiger partial charge < -0.3 is 24.0 Å². The van der Waals surface area contributed by atoms with Crippen LogP contribution >= 0.6 is 0 Å². The number of imidazole rings is 1. The van der Waals surface area contributed by atoms with Crippen LogP contribution in [0.3, 0.4) is 0 Å². The van der Waals surface area contributed by atoms with Gasteiger partial charge in [-0.1, -0.05) is 6.92 Å². The summed E-state index contributed by atoms with van der Waals surface area (Å²) in [5, 5.41) is 0. The highest BCUT2D eigenvalue weighted by Crippen LogP contribution is 2.22. The fraction of sp³-hybridized carbons (Fsp3) is 0.679. The van der Waals surface area contributed by atoms with Crippen molar-refractivity contribution >= 4 is 16.7 Å². The molecule has 2 aliphatic heterocycles. The Morgan fingerprint density at radius 3 is 2.43 bits per heavy atom. The van der Waals surface area contributed by atoms with Gasteiger partial charge in [-0.15, -0.1) is 0 Å². The van der Waals surface area contributed by atoms with Gasteiger partial charge in [-0.25, -0.2) is 4.98 Å². The number of hydrogen-bond donors (Lipinski definition) is 0. The third kappa shape index (κ3) is 5.54. The van der Waals surface area contributed by atoms with E-state index in [2.05, 4.69) is 28.7 Å². The Morgan fingerprint density at radius 1 is 1.00 bits per heavy atom. The van der Waals surface area contributed by atoms with Gasteiger partial charge in [0.25, 0.3) is 5.56 Å². The lowest BCUT2D eigenvalue weighted by Gasteiger charge is -2.38. The maximum atomic E-state index is 13.7. The summed E-state index contributed by atoms with van der Waals surface area (Å²) in [4.78, 5) is 30.9. The smallest absolute Gasteiger partial charge is 0.277 e. The summed E-state index contributed by atoms with van der Waals surface area (Å²) in [6.07, 6.45) is 5.36. The molecule has 202 valence electrons. The molecule has 2 fully saturated rings. The van der Waals surface area contributed by atoms with Gasteiger partial charge in [0.1, 0.15) is 11.3 Å². The van der Waals surface area contributed by atoms with Crippen molar-refractivity contribution in [2.75, 3.05) is 66.5 Å². The molecule has 0 aromatic carbocycles. The third-order valence-corrected chi connectivity index (χ3v) is 8.26. The first kappa shape index (κ1) is 26.1. The number of fused-ring (bicyclic) bond motifs is 3. The van der Waals surface area contributed by atoms with Crippen LogP contribution in [0.25, 0.3) is 16.7 Å². The molecule has 0 aliphatic carbocycles. The minimum Gasteiger partial charge on any atom is -0.481 e. The summed E-state index contributed by atoms with van der Waals surface area (Å²) in [5.41, 5.74) is 3.03. The predicted octanol–water partition coefficient (Wildman–Crippen LogP) is 2.66. The predicted molar refractivity (Wildman–Crippen MR) is 148 cm³/mol. The molecule has 37 heavy (non-hydrogen) atoms. The van der Waals surface area contributed by atoms with Gasteiger partial charge in [-0.2, -0.15) is 4.98 Å². The number of nitrogens with zero attached hydrogens (tertiary/aromatic N) is 7. The van der Waals surface area contributed by atoms with E-state index < -0.39 is 0 Å². The molecule has 3 aromatic heterocycles. The van der Waals surface area contributed by atoms with E-state index in [0.717, 1.165) is 80.6 Å². The van der Waals surface area contributed by atoms with Crippen molar-refractivity contribution in [1.29, 1.82) is 0 Å². The molecular weight excluding hydrogens is 466 g/mol. The molecule has 0 spiro atoms. The van der Waals surface area contributed by atoms with Gasteiger partial charge in [0.2, 0.25) is 5.88 Å². The van der Waals surface area contributed by atoms with Crippen LogP contribution in [0.15, 0.2) is 16.9 Å². The zero-order valence-electron chi connectivity index (χ0n) is 23.1. The van der Waals surface area contributed by atoms with Gasteiger partial charge in [0, 0.05) is 51.8 Å². The van der Waals surface area contributed by atoms with Crippen LogP contribution in [-0.2, 0) is 13.0 Å². The summed E-state index contributed by atoms with van der Waals surface area (Å²) in [7, 11) is 3.86. The molecule has 2 aliphatic rings. The van der Waals surface area contributed by atoms with Crippen molar-refractivity contribution in [3.8, 4) is 5.88 Å². The second kappa shape index (κ2) is 11.5. The Morgan fingerprint density at radius 2 is 1.73 bits per heavy atom. The van der Waals surface area contributed by atoms with Crippen LogP contribution in [0.1, 0.15) is 44.1 Å². The van der Waals surface area contributed by atoms with Crippen molar-refractivity contribution < 1.29 is 4.74 Å². The minimum absolute atomic E-state index is 0.0229. The second-order valence-corrected chi connectivity index (χ2v) is 10.9. The number of methoxy groups -OCH3 is 1. The fourth-order valence-electron chi connectivity index (χ4n) is 6.09. The van der Waals surface area contributed by atoms with Crippen molar-refractivity contribution in [2.24, 2.45) is 5.92 Å². The van der Waals surface area contributed by atoms with Crippen LogP contribution in [-0.4, -0.2) is 100 Å². The third-order valence-electron chi connectivity index (χ3n) is 8.26. The van der Waals surface area contributed by atoms with E-state index in [1.165, 1.54) is 32.5 Å². The van der Waals surface area contributed by atoms with Crippen LogP contribution in [0, 0.1) is 12.8 Å². The Balaban J connectivity index is 1.27. The molecule has 0 bridgehead atoms. The second-order valence-electron chi connectivity index (χ2n) is 10.9. The highest BCUT2D eigenvalue weighted by molar-refractivity contribution is 5.77. The quantitative estimate of drug-likeness (QED) is 0.439. The molecule has 9 heteroatoms. The average molecular weight is 510 g/mol. The number of likely N-dealkylation sites (tertiary alicyclic amines) is 1. The molecule has 3 aromatic rings. The zero-order chi connectivity index (χ0) is 25.9. The number of hydrogen-bond acceptors (Lipinski definition) is 7. The first-order chi connectivity index (χ1) is 18.0. The van der Waals surface area contributed by atoms with Gasteiger partial charge in [0.05, 0.1) is 18.3 Å². The number of piperazine rings is 1. The van der Waals surface area contributed by atoms with Gasteiger partial charge in [0.15, 0.2) is 5.65 Å². The summed E-state index contributed by atoms with van der Waals surface area (Å²) in [5.74, 6) is 2.30. The number of pyridine rings is 1. The lowest BCUT2D eigenvalue weighted by Crippen LogP contribution is -2.48. The Labute approximate surface area is 220 Å². The largest absolute Gasteiger partial charge is 0.481 e. The van der Waals surface area contributed by atoms with Crippen molar-refractivity contribution in [3.63, 3.8) is 0 Å². The molecule has 2 saturated heterocycles. The van der Waals surface area contributed by atoms with Crippen molar-refractivity contribution in [2.45, 2.75) is 52.5 Å². The van der Waals surface area contributed by atoms with Gasteiger partial charge in [-0.3, -0.25) is 9.20 Å². The number of piperidine rings is 1. The molecule has 0 radical (unpaired) electrons. The number of ether oxygens (including phenoxy) is 1. The maximum Gasteiger partial charge on any atom is 0.277 e. The van der Waals surface area contributed by atoms with E-state index in [4.69, 9.17) is 14.7 Å². The molecule has 0 amide bonds. The Hall–Kier alpha value is -2.49. The number of aryl methyl sites for hydroxylation is 3. The molecule has 0 saturated carbocycles. The molecule has 0 unspecified atom stereocenters. The van der Waals surface area contributed by atoms with Crippen LogP contribution in [0.4, 0.5) is 0 Å². The molecular formula is C28H43N7O2. The van der Waals surface area contributed by atoms with Crippen molar-refractivity contribution in [3.05, 3.63) is 34.0 Å². The van der Waals surface area contributed by atoms with Gasteiger partial charge >= 0.3 is 0 Å². The lowest BCUT2D eigenvalue weighted by atomic mass is 9.96. The lowest BCUT2D eigenvalue weighted by molar-refractivity contribution is 0.0987. The summed E-state index contributed by atoms with van der Waals surface area (Å²) in [6.45, 7) is 14.0. The minimum atomic E-state index is 0.0229. The highest BCUT2D eigenvalue weighted by atomic mass is 16.5. The highest BCUT2D eigenvalue weighted by Gasteiger charge is 2.23. The first-order valence-corrected chi connectivity index (χ1v) is 14.1. The molecule has 5 rings (SSSR count). The topological polar surface area (TPSA) is 71.1 Å². The SMILES string of the molecule is CCCc1nc(C)c2c(=O)n(CCCN3CCN(CC4CCN(C)CC4)CC3)c3ccc(OC)nc3n12. The maximum absolute atomic E-state index is 13.7. The van der Waals surface area contributed by atoms with E-state index >= 15 is 0 Å².